The highest BCUT2D eigenvalue weighted by molar-refractivity contribution is 5.84. The first-order valence-corrected chi connectivity index (χ1v) is 6.28. The Morgan fingerprint density at radius 3 is 2.53 bits per heavy atom. The standard InChI is InChI=1S/C12H21NO4/c1-2-10(12(16)13-8-11(14)15)17-9-6-4-3-5-7-9/h9-10H,2-8H2,1H3,(H,13,16)(H,14,15). The van der Waals surface area contributed by atoms with Crippen molar-refractivity contribution in [2.45, 2.75) is 57.7 Å². The average Bonchev–Trinajstić information content (AvgIpc) is 2.34. The molecule has 5 nitrogen and oxygen atoms in total. The first-order valence-electron chi connectivity index (χ1n) is 6.28. The molecular weight excluding hydrogens is 222 g/mol. The number of rotatable bonds is 6. The van der Waals surface area contributed by atoms with Crippen LogP contribution in [0.15, 0.2) is 0 Å². The fourth-order valence-electron chi connectivity index (χ4n) is 2.05. The number of aliphatic carboxylic acids is 1. The van der Waals surface area contributed by atoms with Gasteiger partial charge < -0.3 is 15.2 Å². The maximum absolute atomic E-state index is 11.7. The van der Waals surface area contributed by atoms with Crippen molar-refractivity contribution in [1.82, 2.24) is 5.32 Å². The van der Waals surface area contributed by atoms with E-state index in [1.54, 1.807) is 0 Å². The van der Waals surface area contributed by atoms with Gasteiger partial charge >= 0.3 is 5.97 Å². The first kappa shape index (κ1) is 14.0. The van der Waals surface area contributed by atoms with Crippen molar-refractivity contribution in [2.24, 2.45) is 0 Å². The molecule has 17 heavy (non-hydrogen) atoms. The van der Waals surface area contributed by atoms with E-state index in [9.17, 15) is 9.59 Å². The van der Waals surface area contributed by atoms with Crippen LogP contribution in [0.4, 0.5) is 0 Å². The second-order valence-electron chi connectivity index (χ2n) is 4.40. The van der Waals surface area contributed by atoms with Crippen LogP contribution in [0.2, 0.25) is 0 Å². The Kier molecular flexibility index (Phi) is 5.97. The summed E-state index contributed by atoms with van der Waals surface area (Å²) in [5.74, 6) is -1.36. The zero-order chi connectivity index (χ0) is 12.7. The molecule has 0 aromatic carbocycles. The molecule has 5 heteroatoms. The summed E-state index contributed by atoms with van der Waals surface area (Å²) in [7, 11) is 0. The number of carbonyl (C=O) groups excluding carboxylic acids is 1. The van der Waals surface area contributed by atoms with Gasteiger partial charge in [-0.1, -0.05) is 26.2 Å². The highest BCUT2D eigenvalue weighted by Gasteiger charge is 2.23. The molecule has 1 amide bonds. The number of amides is 1. The number of nitrogens with one attached hydrogen (secondary N) is 1. The van der Waals surface area contributed by atoms with Gasteiger partial charge in [0, 0.05) is 0 Å². The van der Waals surface area contributed by atoms with Gasteiger partial charge in [0.2, 0.25) is 5.91 Å². The van der Waals surface area contributed by atoms with E-state index in [2.05, 4.69) is 5.32 Å². The maximum atomic E-state index is 11.7. The lowest BCUT2D eigenvalue weighted by atomic mass is 9.97. The van der Waals surface area contributed by atoms with E-state index < -0.39 is 12.1 Å². The molecule has 1 saturated carbocycles. The molecule has 0 radical (unpaired) electrons. The third-order valence-electron chi connectivity index (χ3n) is 2.99. The Bertz CT molecular complexity index is 261. The third kappa shape index (κ3) is 5.17. The highest BCUT2D eigenvalue weighted by Crippen LogP contribution is 2.22. The number of hydrogen-bond acceptors (Lipinski definition) is 3. The predicted octanol–water partition coefficient (Wildman–Crippen LogP) is 1.32. The summed E-state index contributed by atoms with van der Waals surface area (Å²) >= 11 is 0. The molecule has 1 fully saturated rings. The lowest BCUT2D eigenvalue weighted by Crippen LogP contribution is -2.40. The molecule has 1 aliphatic rings. The number of carboxylic acid groups (broad SMARTS) is 1. The van der Waals surface area contributed by atoms with Gasteiger partial charge in [-0.25, -0.2) is 0 Å². The fraction of sp³-hybridized carbons (Fsp3) is 0.833. The van der Waals surface area contributed by atoms with Crippen molar-refractivity contribution in [3.63, 3.8) is 0 Å². The molecule has 2 N–H and O–H groups in total. The molecule has 0 heterocycles. The maximum Gasteiger partial charge on any atom is 0.322 e. The molecule has 0 aromatic heterocycles. The van der Waals surface area contributed by atoms with Gasteiger partial charge in [-0.05, 0) is 19.3 Å². The van der Waals surface area contributed by atoms with E-state index in [4.69, 9.17) is 9.84 Å². The minimum Gasteiger partial charge on any atom is -0.480 e. The molecule has 0 spiro atoms. The molecule has 0 bridgehead atoms. The van der Waals surface area contributed by atoms with Gasteiger partial charge in [0.05, 0.1) is 6.10 Å². The quantitative estimate of drug-likeness (QED) is 0.737. The van der Waals surface area contributed by atoms with Crippen molar-refractivity contribution in [3.8, 4) is 0 Å². The first-order chi connectivity index (χ1) is 8.13. The summed E-state index contributed by atoms with van der Waals surface area (Å²) in [4.78, 5) is 22.0. The Hall–Kier alpha value is -1.10. The molecule has 0 aliphatic heterocycles. The highest BCUT2D eigenvalue weighted by atomic mass is 16.5. The molecule has 1 atom stereocenters. The molecule has 1 unspecified atom stereocenters. The van der Waals surface area contributed by atoms with Crippen molar-refractivity contribution >= 4 is 11.9 Å². The van der Waals surface area contributed by atoms with Crippen LogP contribution < -0.4 is 5.32 Å². The minimum absolute atomic E-state index is 0.157. The van der Waals surface area contributed by atoms with E-state index in [0.717, 1.165) is 25.7 Å². The van der Waals surface area contributed by atoms with Gasteiger partial charge in [0.1, 0.15) is 12.6 Å². The van der Waals surface area contributed by atoms with Crippen LogP contribution in [0.3, 0.4) is 0 Å². The number of ether oxygens (including phenoxy) is 1. The van der Waals surface area contributed by atoms with Crippen LogP contribution in [0.1, 0.15) is 45.4 Å². The summed E-state index contributed by atoms with van der Waals surface area (Å²) in [6.45, 7) is 1.53. The summed E-state index contributed by atoms with van der Waals surface area (Å²) in [5.41, 5.74) is 0. The number of carbonyl (C=O) groups is 2. The van der Waals surface area contributed by atoms with Crippen LogP contribution in [0.5, 0.6) is 0 Å². The summed E-state index contributed by atoms with van der Waals surface area (Å²) < 4.78 is 5.73. The second-order valence-corrected chi connectivity index (χ2v) is 4.40. The number of carboxylic acids is 1. The smallest absolute Gasteiger partial charge is 0.322 e. The van der Waals surface area contributed by atoms with Crippen molar-refractivity contribution in [2.75, 3.05) is 6.54 Å². The predicted molar refractivity (Wildman–Crippen MR) is 62.7 cm³/mol. The Balaban J connectivity index is 2.35. The SMILES string of the molecule is CCC(OC1CCCCC1)C(=O)NCC(=O)O. The van der Waals surface area contributed by atoms with E-state index in [0.29, 0.717) is 6.42 Å². The lowest BCUT2D eigenvalue weighted by Gasteiger charge is -2.26. The summed E-state index contributed by atoms with van der Waals surface area (Å²) in [6.07, 6.45) is 5.76. The Morgan fingerprint density at radius 1 is 1.35 bits per heavy atom. The summed E-state index contributed by atoms with van der Waals surface area (Å²) in [5, 5.41) is 10.8. The van der Waals surface area contributed by atoms with Crippen LogP contribution in [0, 0.1) is 0 Å². The topological polar surface area (TPSA) is 75.6 Å². The van der Waals surface area contributed by atoms with Gasteiger partial charge in [0.25, 0.3) is 0 Å². The van der Waals surface area contributed by atoms with Gasteiger partial charge in [0.15, 0.2) is 0 Å². The van der Waals surface area contributed by atoms with Crippen molar-refractivity contribution in [1.29, 1.82) is 0 Å². The van der Waals surface area contributed by atoms with Crippen LogP contribution in [0.25, 0.3) is 0 Å². The normalized spacial score (nSPS) is 18.6. The monoisotopic (exact) mass is 243 g/mol. The minimum atomic E-state index is -1.04. The zero-order valence-electron chi connectivity index (χ0n) is 10.3. The molecule has 98 valence electrons. The molecule has 1 rings (SSSR count). The average molecular weight is 243 g/mol. The number of hydrogen-bond donors (Lipinski definition) is 2. The zero-order valence-corrected chi connectivity index (χ0v) is 10.3. The molecular formula is C12H21NO4. The largest absolute Gasteiger partial charge is 0.480 e. The van der Waals surface area contributed by atoms with Gasteiger partial charge in [-0.15, -0.1) is 0 Å². The molecule has 0 aromatic rings. The lowest BCUT2D eigenvalue weighted by molar-refractivity contribution is -0.143. The van der Waals surface area contributed by atoms with Crippen LogP contribution >= 0.6 is 0 Å². The summed E-state index contributed by atoms with van der Waals surface area (Å²) in [6, 6.07) is 0. The van der Waals surface area contributed by atoms with E-state index >= 15 is 0 Å². The fourth-order valence-corrected chi connectivity index (χ4v) is 2.05. The Labute approximate surface area is 102 Å². The Morgan fingerprint density at radius 2 is 2.00 bits per heavy atom. The van der Waals surface area contributed by atoms with Crippen molar-refractivity contribution < 1.29 is 19.4 Å². The van der Waals surface area contributed by atoms with Crippen LogP contribution in [-0.2, 0) is 14.3 Å². The van der Waals surface area contributed by atoms with E-state index in [1.165, 1.54) is 6.42 Å². The third-order valence-corrected chi connectivity index (χ3v) is 2.99. The van der Waals surface area contributed by atoms with E-state index in [-0.39, 0.29) is 18.6 Å². The molecule has 1 aliphatic carbocycles. The van der Waals surface area contributed by atoms with Crippen LogP contribution in [-0.4, -0.2) is 35.7 Å². The van der Waals surface area contributed by atoms with Gasteiger partial charge in [-0.2, -0.15) is 0 Å². The van der Waals surface area contributed by atoms with E-state index in [1.807, 2.05) is 6.92 Å². The molecule has 0 saturated heterocycles. The second kappa shape index (κ2) is 7.27. The van der Waals surface area contributed by atoms with Gasteiger partial charge in [-0.3, -0.25) is 9.59 Å². The van der Waals surface area contributed by atoms with Crippen molar-refractivity contribution in [3.05, 3.63) is 0 Å².